The number of aryl methyl sites for hydroxylation is 1. The van der Waals surface area contributed by atoms with Gasteiger partial charge in [-0.3, -0.25) is 4.68 Å². The van der Waals surface area contributed by atoms with Crippen LogP contribution in [-0.4, -0.2) is 28.6 Å². The van der Waals surface area contributed by atoms with E-state index in [-0.39, 0.29) is 0 Å². The lowest BCUT2D eigenvalue weighted by Crippen LogP contribution is -2.06. The van der Waals surface area contributed by atoms with Crippen LogP contribution in [0.25, 0.3) is 11.3 Å². The first-order chi connectivity index (χ1) is 8.33. The fourth-order valence-corrected chi connectivity index (χ4v) is 1.58. The van der Waals surface area contributed by atoms with Gasteiger partial charge in [-0.2, -0.15) is 0 Å². The zero-order valence-electron chi connectivity index (χ0n) is 9.84. The fourth-order valence-electron chi connectivity index (χ4n) is 1.58. The number of ether oxygens (including phenoxy) is 1. The molecule has 5 heteroatoms. The van der Waals surface area contributed by atoms with Gasteiger partial charge in [0.15, 0.2) is 0 Å². The molecule has 0 atom stereocenters. The summed E-state index contributed by atoms with van der Waals surface area (Å²) in [4.78, 5) is 0. The Hall–Kier alpha value is -1.88. The van der Waals surface area contributed by atoms with Crippen molar-refractivity contribution in [2.24, 2.45) is 5.73 Å². The zero-order valence-corrected chi connectivity index (χ0v) is 9.84. The fraction of sp³-hybridized carbons (Fsp3) is 0.333. The lowest BCUT2D eigenvalue weighted by atomic mass is 10.1. The Bertz CT molecular complexity index is 481. The highest BCUT2D eigenvalue weighted by Gasteiger charge is 2.04. The average Bonchev–Trinajstić information content (AvgIpc) is 2.85. The van der Waals surface area contributed by atoms with Gasteiger partial charge >= 0.3 is 0 Å². The molecule has 0 unspecified atom stereocenters. The third-order valence-corrected chi connectivity index (χ3v) is 2.50. The van der Waals surface area contributed by atoms with E-state index in [1.54, 1.807) is 7.11 Å². The number of nitrogens with two attached hydrogens (primary N) is 1. The Kier molecular flexibility index (Phi) is 3.72. The van der Waals surface area contributed by atoms with Crippen LogP contribution in [0, 0.1) is 0 Å². The summed E-state index contributed by atoms with van der Waals surface area (Å²) in [6.45, 7) is 1.46. The van der Waals surface area contributed by atoms with Gasteiger partial charge in [0, 0.05) is 12.1 Å². The molecule has 2 rings (SSSR count). The van der Waals surface area contributed by atoms with Gasteiger partial charge in [-0.05, 0) is 25.1 Å². The van der Waals surface area contributed by atoms with Crippen molar-refractivity contribution in [1.82, 2.24) is 15.0 Å². The molecule has 0 spiro atoms. The van der Waals surface area contributed by atoms with Gasteiger partial charge in [0.1, 0.15) is 11.4 Å². The summed E-state index contributed by atoms with van der Waals surface area (Å²) in [6.07, 6.45) is 2.82. The molecule has 1 aromatic carbocycles. The highest BCUT2D eigenvalue weighted by atomic mass is 16.5. The Morgan fingerprint density at radius 1 is 1.41 bits per heavy atom. The molecule has 0 saturated heterocycles. The van der Waals surface area contributed by atoms with Crippen LogP contribution in [0.3, 0.4) is 0 Å². The minimum absolute atomic E-state index is 0.661. The summed E-state index contributed by atoms with van der Waals surface area (Å²) in [6, 6.07) is 7.77. The topological polar surface area (TPSA) is 66.0 Å². The smallest absolute Gasteiger partial charge is 0.119 e. The van der Waals surface area contributed by atoms with Crippen LogP contribution in [0.1, 0.15) is 6.42 Å². The standard InChI is InChI=1S/C12H16N4O/c1-17-11-5-2-4-10(8-11)12-9-16(15-14-12)7-3-6-13/h2,4-5,8-9H,3,6-7,13H2,1H3. The van der Waals surface area contributed by atoms with Crippen molar-refractivity contribution in [3.63, 3.8) is 0 Å². The number of methoxy groups -OCH3 is 1. The van der Waals surface area contributed by atoms with Crippen LogP contribution >= 0.6 is 0 Å². The molecule has 2 N–H and O–H groups in total. The summed E-state index contributed by atoms with van der Waals surface area (Å²) in [5.41, 5.74) is 7.31. The van der Waals surface area contributed by atoms with E-state index in [9.17, 15) is 0 Å². The number of hydrogen-bond acceptors (Lipinski definition) is 4. The Labute approximate surface area is 100 Å². The van der Waals surface area contributed by atoms with Crippen molar-refractivity contribution in [1.29, 1.82) is 0 Å². The van der Waals surface area contributed by atoms with E-state index < -0.39 is 0 Å². The highest BCUT2D eigenvalue weighted by Crippen LogP contribution is 2.21. The van der Waals surface area contributed by atoms with E-state index in [2.05, 4.69) is 10.3 Å². The maximum Gasteiger partial charge on any atom is 0.119 e. The van der Waals surface area contributed by atoms with Gasteiger partial charge in [-0.1, -0.05) is 17.3 Å². The predicted octanol–water partition coefficient (Wildman–Crippen LogP) is 1.30. The van der Waals surface area contributed by atoms with Crippen LogP contribution in [0.2, 0.25) is 0 Å². The molecule has 0 radical (unpaired) electrons. The van der Waals surface area contributed by atoms with E-state index in [0.29, 0.717) is 6.54 Å². The molecule has 0 aliphatic rings. The molecule has 1 heterocycles. The van der Waals surface area contributed by atoms with Crippen LogP contribution in [0.5, 0.6) is 5.75 Å². The normalized spacial score (nSPS) is 10.5. The quantitative estimate of drug-likeness (QED) is 0.844. The summed E-state index contributed by atoms with van der Waals surface area (Å²) in [7, 11) is 1.65. The molecule has 17 heavy (non-hydrogen) atoms. The SMILES string of the molecule is COc1cccc(-c2cn(CCCN)nn2)c1. The van der Waals surface area contributed by atoms with Crippen molar-refractivity contribution in [3.8, 4) is 17.0 Å². The Morgan fingerprint density at radius 2 is 2.29 bits per heavy atom. The van der Waals surface area contributed by atoms with Gasteiger partial charge in [0.05, 0.1) is 13.3 Å². The van der Waals surface area contributed by atoms with Crippen molar-refractivity contribution >= 4 is 0 Å². The molecule has 2 aromatic rings. The lowest BCUT2D eigenvalue weighted by Gasteiger charge is -2.00. The molecule has 0 bridgehead atoms. The number of rotatable bonds is 5. The third-order valence-electron chi connectivity index (χ3n) is 2.50. The number of benzene rings is 1. The van der Waals surface area contributed by atoms with Crippen LogP contribution in [-0.2, 0) is 6.54 Å². The minimum atomic E-state index is 0.661. The second kappa shape index (κ2) is 5.45. The van der Waals surface area contributed by atoms with Crippen molar-refractivity contribution in [2.75, 3.05) is 13.7 Å². The number of aromatic nitrogens is 3. The summed E-state index contributed by atoms with van der Waals surface area (Å²) < 4.78 is 6.98. The Morgan fingerprint density at radius 3 is 3.06 bits per heavy atom. The van der Waals surface area contributed by atoms with Crippen molar-refractivity contribution in [3.05, 3.63) is 30.5 Å². The van der Waals surface area contributed by atoms with Crippen LogP contribution in [0.15, 0.2) is 30.5 Å². The predicted molar refractivity (Wildman–Crippen MR) is 65.7 cm³/mol. The third kappa shape index (κ3) is 2.82. The first kappa shape index (κ1) is 11.6. The van der Waals surface area contributed by atoms with E-state index in [0.717, 1.165) is 30.0 Å². The first-order valence-electron chi connectivity index (χ1n) is 5.58. The number of nitrogens with zero attached hydrogens (tertiary/aromatic N) is 3. The average molecular weight is 232 g/mol. The molecular formula is C12H16N4O. The van der Waals surface area contributed by atoms with Gasteiger partial charge in [0.25, 0.3) is 0 Å². The summed E-state index contributed by atoms with van der Waals surface area (Å²) in [5, 5.41) is 8.19. The van der Waals surface area contributed by atoms with E-state index in [1.807, 2.05) is 35.1 Å². The Balaban J connectivity index is 2.18. The number of hydrogen-bond donors (Lipinski definition) is 1. The van der Waals surface area contributed by atoms with Gasteiger partial charge < -0.3 is 10.5 Å². The van der Waals surface area contributed by atoms with E-state index in [4.69, 9.17) is 10.5 Å². The van der Waals surface area contributed by atoms with Crippen molar-refractivity contribution < 1.29 is 4.74 Å². The molecule has 0 amide bonds. The molecule has 0 aliphatic carbocycles. The molecule has 90 valence electrons. The van der Waals surface area contributed by atoms with E-state index >= 15 is 0 Å². The summed E-state index contributed by atoms with van der Waals surface area (Å²) in [5.74, 6) is 0.819. The van der Waals surface area contributed by atoms with Gasteiger partial charge in [-0.25, -0.2) is 0 Å². The second-order valence-electron chi connectivity index (χ2n) is 3.74. The first-order valence-corrected chi connectivity index (χ1v) is 5.58. The monoisotopic (exact) mass is 232 g/mol. The van der Waals surface area contributed by atoms with Gasteiger partial charge in [-0.15, -0.1) is 5.10 Å². The summed E-state index contributed by atoms with van der Waals surface area (Å²) >= 11 is 0. The lowest BCUT2D eigenvalue weighted by molar-refractivity contribution is 0.415. The molecule has 0 saturated carbocycles. The molecular weight excluding hydrogens is 216 g/mol. The molecule has 0 fully saturated rings. The molecule has 5 nitrogen and oxygen atoms in total. The van der Waals surface area contributed by atoms with Gasteiger partial charge in [0.2, 0.25) is 0 Å². The maximum absolute atomic E-state index is 5.45. The largest absolute Gasteiger partial charge is 0.497 e. The molecule has 1 aromatic heterocycles. The maximum atomic E-state index is 5.45. The zero-order chi connectivity index (χ0) is 12.1. The highest BCUT2D eigenvalue weighted by molar-refractivity contribution is 5.59. The van der Waals surface area contributed by atoms with Crippen LogP contribution < -0.4 is 10.5 Å². The van der Waals surface area contributed by atoms with Crippen LogP contribution in [0.4, 0.5) is 0 Å². The van der Waals surface area contributed by atoms with E-state index in [1.165, 1.54) is 0 Å². The minimum Gasteiger partial charge on any atom is -0.497 e. The van der Waals surface area contributed by atoms with Crippen molar-refractivity contribution in [2.45, 2.75) is 13.0 Å². The second-order valence-corrected chi connectivity index (χ2v) is 3.74. The molecule has 0 aliphatic heterocycles.